The minimum Gasteiger partial charge on any atom is -0.481 e. The summed E-state index contributed by atoms with van der Waals surface area (Å²) < 4.78 is 4.64. The molecular formula is C18H18O4. The fraction of sp³-hybridized carbons (Fsp3) is 0.222. The van der Waals surface area contributed by atoms with Crippen molar-refractivity contribution in [3.63, 3.8) is 0 Å². The first-order valence-corrected chi connectivity index (χ1v) is 6.98. The van der Waals surface area contributed by atoms with Crippen molar-refractivity contribution in [3.05, 3.63) is 70.8 Å². The topological polar surface area (TPSA) is 63.6 Å². The Morgan fingerprint density at radius 1 is 1.05 bits per heavy atom. The lowest BCUT2D eigenvalue weighted by atomic mass is 9.91. The van der Waals surface area contributed by atoms with Crippen LogP contribution in [0.1, 0.15) is 33.0 Å². The molecule has 0 heterocycles. The van der Waals surface area contributed by atoms with Gasteiger partial charge in [-0.05, 0) is 36.6 Å². The Balaban J connectivity index is 2.19. The highest BCUT2D eigenvalue weighted by Crippen LogP contribution is 2.22. The van der Waals surface area contributed by atoms with Crippen LogP contribution in [0, 0.1) is 6.92 Å². The zero-order chi connectivity index (χ0) is 16.1. The molecule has 0 bridgehead atoms. The van der Waals surface area contributed by atoms with Crippen LogP contribution in [-0.4, -0.2) is 24.2 Å². The van der Waals surface area contributed by atoms with Crippen LogP contribution in [0.25, 0.3) is 0 Å². The van der Waals surface area contributed by atoms with Crippen molar-refractivity contribution in [2.24, 2.45) is 0 Å². The van der Waals surface area contributed by atoms with Crippen LogP contribution in [0.15, 0.2) is 48.5 Å². The van der Waals surface area contributed by atoms with E-state index in [-0.39, 0.29) is 0 Å². The number of ether oxygens (including phenoxy) is 1. The highest BCUT2D eigenvalue weighted by molar-refractivity contribution is 5.89. The maximum atomic E-state index is 11.5. The van der Waals surface area contributed by atoms with Crippen LogP contribution >= 0.6 is 0 Å². The van der Waals surface area contributed by atoms with E-state index in [4.69, 9.17) is 0 Å². The van der Waals surface area contributed by atoms with Gasteiger partial charge in [0.25, 0.3) is 0 Å². The van der Waals surface area contributed by atoms with Gasteiger partial charge in [-0.2, -0.15) is 0 Å². The Labute approximate surface area is 129 Å². The molecule has 0 aromatic heterocycles. The van der Waals surface area contributed by atoms with E-state index in [1.807, 2.05) is 31.2 Å². The third-order valence-corrected chi connectivity index (χ3v) is 3.59. The summed E-state index contributed by atoms with van der Waals surface area (Å²) in [5.41, 5.74) is 3.18. The first kappa shape index (κ1) is 15.8. The molecule has 1 unspecified atom stereocenters. The number of hydrogen-bond donors (Lipinski definition) is 1. The Morgan fingerprint density at radius 2 is 1.64 bits per heavy atom. The molecule has 0 amide bonds. The Hall–Kier alpha value is -2.62. The van der Waals surface area contributed by atoms with E-state index in [1.165, 1.54) is 7.11 Å². The predicted octanol–water partition coefficient (Wildman–Crippen LogP) is 3.19. The normalized spacial score (nSPS) is 11.7. The van der Waals surface area contributed by atoms with E-state index < -0.39 is 17.9 Å². The molecule has 114 valence electrons. The second-order valence-electron chi connectivity index (χ2n) is 5.19. The third kappa shape index (κ3) is 3.73. The molecule has 4 heteroatoms. The number of carbonyl (C=O) groups is 2. The monoisotopic (exact) mass is 298 g/mol. The minimum atomic E-state index is -0.860. The van der Waals surface area contributed by atoms with Gasteiger partial charge in [0, 0.05) is 0 Å². The summed E-state index contributed by atoms with van der Waals surface area (Å²) in [7, 11) is 1.33. The van der Waals surface area contributed by atoms with Crippen molar-refractivity contribution in [1.82, 2.24) is 0 Å². The van der Waals surface area contributed by atoms with Gasteiger partial charge >= 0.3 is 11.9 Å². The Kier molecular flexibility index (Phi) is 4.94. The van der Waals surface area contributed by atoms with Gasteiger partial charge in [-0.15, -0.1) is 0 Å². The first-order valence-electron chi connectivity index (χ1n) is 6.98. The second kappa shape index (κ2) is 6.89. The molecule has 0 aliphatic rings. The van der Waals surface area contributed by atoms with E-state index in [2.05, 4.69) is 4.74 Å². The van der Waals surface area contributed by atoms with Gasteiger partial charge in [0.2, 0.25) is 0 Å². The quantitative estimate of drug-likeness (QED) is 0.861. The van der Waals surface area contributed by atoms with E-state index in [0.29, 0.717) is 12.0 Å². The van der Waals surface area contributed by atoms with Crippen molar-refractivity contribution in [2.75, 3.05) is 7.11 Å². The number of carboxylic acids is 1. The SMILES string of the molecule is COC(=O)c1ccc(CC(C(=O)O)c2ccc(C)cc2)cc1. The smallest absolute Gasteiger partial charge is 0.337 e. The fourth-order valence-electron chi connectivity index (χ4n) is 2.28. The zero-order valence-electron chi connectivity index (χ0n) is 12.6. The number of esters is 1. The average Bonchev–Trinajstić information content (AvgIpc) is 2.53. The molecule has 0 aliphatic heterocycles. The van der Waals surface area contributed by atoms with Gasteiger partial charge in [-0.1, -0.05) is 42.0 Å². The molecule has 2 rings (SSSR count). The van der Waals surface area contributed by atoms with Crippen molar-refractivity contribution in [1.29, 1.82) is 0 Å². The molecule has 2 aromatic carbocycles. The second-order valence-corrected chi connectivity index (χ2v) is 5.19. The summed E-state index contributed by atoms with van der Waals surface area (Å²) in [6.07, 6.45) is 0.375. The maximum Gasteiger partial charge on any atom is 0.337 e. The van der Waals surface area contributed by atoms with Crippen molar-refractivity contribution in [2.45, 2.75) is 19.3 Å². The Morgan fingerprint density at radius 3 is 2.14 bits per heavy atom. The summed E-state index contributed by atoms with van der Waals surface area (Å²) in [5, 5.41) is 9.46. The van der Waals surface area contributed by atoms with Gasteiger partial charge in [-0.3, -0.25) is 4.79 Å². The number of rotatable bonds is 5. The molecule has 22 heavy (non-hydrogen) atoms. The molecule has 0 saturated carbocycles. The lowest BCUT2D eigenvalue weighted by Gasteiger charge is -2.13. The van der Waals surface area contributed by atoms with Gasteiger partial charge < -0.3 is 9.84 Å². The van der Waals surface area contributed by atoms with Gasteiger partial charge in [0.05, 0.1) is 18.6 Å². The van der Waals surface area contributed by atoms with E-state index in [1.54, 1.807) is 24.3 Å². The minimum absolute atomic E-state index is 0.375. The number of aryl methyl sites for hydroxylation is 1. The Bertz CT molecular complexity index is 656. The molecule has 0 saturated heterocycles. The summed E-state index contributed by atoms with van der Waals surface area (Å²) in [6.45, 7) is 1.96. The fourth-order valence-corrected chi connectivity index (χ4v) is 2.28. The summed E-state index contributed by atoms with van der Waals surface area (Å²) in [6, 6.07) is 14.3. The van der Waals surface area contributed by atoms with Gasteiger partial charge in [-0.25, -0.2) is 4.79 Å². The van der Waals surface area contributed by atoms with E-state index >= 15 is 0 Å². The zero-order valence-corrected chi connectivity index (χ0v) is 12.6. The number of carboxylic acid groups (broad SMARTS) is 1. The number of carbonyl (C=O) groups excluding carboxylic acids is 1. The van der Waals surface area contributed by atoms with Gasteiger partial charge in [0.1, 0.15) is 0 Å². The highest BCUT2D eigenvalue weighted by atomic mass is 16.5. The molecule has 4 nitrogen and oxygen atoms in total. The number of aliphatic carboxylic acids is 1. The van der Waals surface area contributed by atoms with Crippen molar-refractivity contribution < 1.29 is 19.4 Å². The van der Waals surface area contributed by atoms with E-state index in [9.17, 15) is 14.7 Å². The van der Waals surface area contributed by atoms with Crippen molar-refractivity contribution >= 4 is 11.9 Å². The number of hydrogen-bond acceptors (Lipinski definition) is 3. The molecule has 0 radical (unpaired) electrons. The molecular weight excluding hydrogens is 280 g/mol. The molecule has 1 atom stereocenters. The van der Waals surface area contributed by atoms with Crippen molar-refractivity contribution in [3.8, 4) is 0 Å². The standard InChI is InChI=1S/C18H18O4/c1-12-3-7-14(8-4-12)16(17(19)20)11-13-5-9-15(10-6-13)18(21)22-2/h3-10,16H,11H2,1-2H3,(H,19,20). The maximum absolute atomic E-state index is 11.5. The van der Waals surface area contributed by atoms with Crippen LogP contribution in [0.5, 0.6) is 0 Å². The van der Waals surface area contributed by atoms with E-state index in [0.717, 1.165) is 16.7 Å². The van der Waals surface area contributed by atoms with Crippen LogP contribution in [-0.2, 0) is 16.0 Å². The van der Waals surface area contributed by atoms with Crippen LogP contribution in [0.2, 0.25) is 0 Å². The average molecular weight is 298 g/mol. The lowest BCUT2D eigenvalue weighted by Crippen LogP contribution is -2.14. The van der Waals surface area contributed by atoms with Crippen LogP contribution in [0.4, 0.5) is 0 Å². The lowest BCUT2D eigenvalue weighted by molar-refractivity contribution is -0.138. The predicted molar refractivity (Wildman–Crippen MR) is 83.0 cm³/mol. The molecule has 1 N–H and O–H groups in total. The van der Waals surface area contributed by atoms with Gasteiger partial charge in [0.15, 0.2) is 0 Å². The summed E-state index contributed by atoms with van der Waals surface area (Å²) in [4.78, 5) is 22.9. The van der Waals surface area contributed by atoms with Crippen LogP contribution in [0.3, 0.4) is 0 Å². The first-order chi connectivity index (χ1) is 10.5. The number of methoxy groups -OCH3 is 1. The van der Waals surface area contributed by atoms with Crippen LogP contribution < -0.4 is 0 Å². The largest absolute Gasteiger partial charge is 0.481 e. The summed E-state index contributed by atoms with van der Waals surface area (Å²) in [5.74, 6) is -1.87. The highest BCUT2D eigenvalue weighted by Gasteiger charge is 2.20. The molecule has 2 aromatic rings. The third-order valence-electron chi connectivity index (χ3n) is 3.59. The molecule has 0 fully saturated rings. The number of benzene rings is 2. The molecule has 0 aliphatic carbocycles. The molecule has 0 spiro atoms. The summed E-state index contributed by atoms with van der Waals surface area (Å²) >= 11 is 0.